The molecule has 0 radical (unpaired) electrons. The Morgan fingerprint density at radius 2 is 1.35 bits per heavy atom. The van der Waals surface area contributed by atoms with Crippen LogP contribution < -0.4 is 5.73 Å². The van der Waals surface area contributed by atoms with Crippen LogP contribution >= 0.6 is 34.8 Å². The third kappa shape index (κ3) is 6.37. The van der Waals surface area contributed by atoms with Crippen molar-refractivity contribution in [3.63, 3.8) is 0 Å². The van der Waals surface area contributed by atoms with Gasteiger partial charge in [-0.05, 0) is 71.8 Å². The summed E-state index contributed by atoms with van der Waals surface area (Å²) < 4.78 is 30.8. The number of halogens is 3. The summed E-state index contributed by atoms with van der Waals surface area (Å²) in [5.41, 5.74) is 9.40. The highest BCUT2D eigenvalue weighted by atomic mass is 35.5. The first kappa shape index (κ1) is 27.9. The average molecular weight is 611 g/mol. The van der Waals surface area contributed by atoms with Gasteiger partial charge < -0.3 is 5.73 Å². The fraction of sp³-hybridized carbons (Fsp3) is 0.0690. The third-order valence-corrected chi connectivity index (χ3v) is 8.19. The molecule has 40 heavy (non-hydrogen) atoms. The maximum Gasteiger partial charge on any atom is 0.285 e. The fourth-order valence-electron chi connectivity index (χ4n) is 4.14. The molecule has 1 aliphatic heterocycles. The Morgan fingerprint density at radius 3 is 1.95 bits per heavy atom. The minimum absolute atomic E-state index is 0.0459. The first-order valence-corrected chi connectivity index (χ1v) is 14.6. The van der Waals surface area contributed by atoms with E-state index in [9.17, 15) is 8.42 Å². The quantitative estimate of drug-likeness (QED) is 0.203. The van der Waals surface area contributed by atoms with Crippen molar-refractivity contribution in [2.24, 2.45) is 20.2 Å². The number of nitrogens with two attached hydrogens (primary N) is 1. The summed E-state index contributed by atoms with van der Waals surface area (Å²) >= 11 is 18.1. The molecule has 11 heteroatoms. The highest BCUT2D eigenvalue weighted by Crippen LogP contribution is 2.30. The van der Waals surface area contributed by atoms with Crippen molar-refractivity contribution in [1.82, 2.24) is 5.01 Å². The number of amidine groups is 1. The molecule has 0 saturated carbocycles. The van der Waals surface area contributed by atoms with E-state index in [2.05, 4.69) is 9.39 Å². The van der Waals surface area contributed by atoms with Gasteiger partial charge in [0.25, 0.3) is 16.0 Å². The van der Waals surface area contributed by atoms with Crippen LogP contribution in [0.3, 0.4) is 0 Å². The maximum atomic E-state index is 13.4. The number of benzene rings is 4. The first-order chi connectivity index (χ1) is 19.2. The monoisotopic (exact) mass is 609 g/mol. The van der Waals surface area contributed by atoms with E-state index in [1.807, 2.05) is 42.5 Å². The number of nitrogens with zero attached hydrogens (tertiary/aromatic N) is 4. The minimum Gasteiger partial charge on any atom is -0.383 e. The third-order valence-electron chi connectivity index (χ3n) is 6.16. The number of hydrogen-bond acceptors (Lipinski definition) is 3. The van der Waals surface area contributed by atoms with Gasteiger partial charge in [-0.2, -0.15) is 18.5 Å². The lowest BCUT2D eigenvalue weighted by atomic mass is 9.91. The molecule has 0 bridgehead atoms. The molecule has 1 atom stereocenters. The molecule has 0 fully saturated rings. The van der Waals surface area contributed by atoms with E-state index in [1.54, 1.807) is 36.4 Å². The lowest BCUT2D eigenvalue weighted by Gasteiger charge is -2.16. The number of sulfonamides is 1. The van der Waals surface area contributed by atoms with E-state index in [1.165, 1.54) is 29.3 Å². The lowest BCUT2D eigenvalue weighted by Crippen LogP contribution is -2.28. The lowest BCUT2D eigenvalue weighted by molar-refractivity contribution is 0.470. The van der Waals surface area contributed by atoms with E-state index >= 15 is 0 Å². The summed E-state index contributed by atoms with van der Waals surface area (Å²) in [6.45, 7) is 0.272. The molecule has 0 amide bonds. The fourth-order valence-corrected chi connectivity index (χ4v) is 5.45. The standard InChI is InChI=1S/C29H22Cl3N5O2S/c30-22-10-6-20(7-11-22)27-26(19-4-2-1-3-5-19)18-37(35-27)29(34-28(33)21-8-12-23(31)13-9-21)36-40(38,39)25-16-14-24(32)15-17-25/h1-17,26H,18H2,(H2,33,34,36). The molecule has 2 N–H and O–H groups in total. The zero-order valence-corrected chi connectivity index (χ0v) is 23.9. The average Bonchev–Trinajstić information content (AvgIpc) is 3.40. The second-order valence-corrected chi connectivity index (χ2v) is 11.8. The molecule has 0 aliphatic carbocycles. The van der Waals surface area contributed by atoms with Gasteiger partial charge >= 0.3 is 0 Å². The molecule has 1 unspecified atom stereocenters. The van der Waals surface area contributed by atoms with Gasteiger partial charge in [-0.1, -0.05) is 77.3 Å². The molecular weight excluding hydrogens is 589 g/mol. The molecular formula is C29H22Cl3N5O2S. The van der Waals surface area contributed by atoms with E-state index in [4.69, 9.17) is 45.6 Å². The summed E-state index contributed by atoms with van der Waals surface area (Å²) in [5.74, 6) is -0.349. The Balaban J connectivity index is 1.63. The Bertz CT molecular complexity index is 1710. The molecule has 0 spiro atoms. The van der Waals surface area contributed by atoms with E-state index < -0.39 is 10.0 Å². The Labute approximate surface area is 247 Å². The number of hydrazone groups is 1. The normalized spacial score (nSPS) is 16.2. The van der Waals surface area contributed by atoms with E-state index in [0.717, 1.165) is 11.1 Å². The predicted octanol–water partition coefficient (Wildman–Crippen LogP) is 6.60. The number of aliphatic imine (C=N–C) groups is 1. The zero-order valence-electron chi connectivity index (χ0n) is 20.8. The Hall–Kier alpha value is -3.69. The number of guanidine groups is 1. The molecule has 202 valence electrons. The van der Waals surface area contributed by atoms with Crippen LogP contribution in [-0.4, -0.2) is 37.5 Å². The second-order valence-electron chi connectivity index (χ2n) is 8.86. The topological polar surface area (TPSA) is 100 Å². The van der Waals surface area contributed by atoms with Crippen molar-refractivity contribution >= 4 is 62.3 Å². The van der Waals surface area contributed by atoms with Gasteiger partial charge in [0.05, 0.1) is 17.2 Å². The molecule has 7 nitrogen and oxygen atoms in total. The molecule has 0 aromatic heterocycles. The predicted molar refractivity (Wildman–Crippen MR) is 162 cm³/mol. The van der Waals surface area contributed by atoms with Crippen molar-refractivity contribution in [3.05, 3.63) is 135 Å². The van der Waals surface area contributed by atoms with Crippen LogP contribution in [0.2, 0.25) is 15.1 Å². The van der Waals surface area contributed by atoms with Gasteiger partial charge in [-0.3, -0.25) is 0 Å². The first-order valence-electron chi connectivity index (χ1n) is 12.1. The molecule has 1 aliphatic rings. The van der Waals surface area contributed by atoms with Crippen LogP contribution in [0.5, 0.6) is 0 Å². The molecule has 1 heterocycles. The maximum absolute atomic E-state index is 13.4. The largest absolute Gasteiger partial charge is 0.383 e. The molecule has 0 saturated heterocycles. The van der Waals surface area contributed by atoms with E-state index in [-0.39, 0.29) is 29.2 Å². The second kappa shape index (κ2) is 11.8. The Morgan fingerprint density at radius 1 is 0.800 bits per heavy atom. The summed E-state index contributed by atoms with van der Waals surface area (Å²) in [4.78, 5) is 4.40. The Kier molecular flexibility index (Phi) is 8.23. The minimum atomic E-state index is -4.20. The van der Waals surface area contributed by atoms with Crippen molar-refractivity contribution in [2.45, 2.75) is 10.8 Å². The zero-order chi connectivity index (χ0) is 28.3. The van der Waals surface area contributed by atoms with Crippen molar-refractivity contribution in [2.75, 3.05) is 6.54 Å². The molecule has 4 aromatic carbocycles. The van der Waals surface area contributed by atoms with Gasteiger partial charge in [0.15, 0.2) is 0 Å². The van der Waals surface area contributed by atoms with Crippen molar-refractivity contribution < 1.29 is 8.42 Å². The van der Waals surface area contributed by atoms with Gasteiger partial charge in [-0.25, -0.2) is 5.01 Å². The van der Waals surface area contributed by atoms with Gasteiger partial charge in [0.2, 0.25) is 0 Å². The summed E-state index contributed by atoms with van der Waals surface area (Å²) in [6, 6.07) is 29.5. The summed E-state index contributed by atoms with van der Waals surface area (Å²) in [5, 5.41) is 7.78. The van der Waals surface area contributed by atoms with Crippen LogP contribution in [0, 0.1) is 0 Å². The van der Waals surface area contributed by atoms with Crippen LogP contribution in [0.4, 0.5) is 0 Å². The number of rotatable bonds is 5. The van der Waals surface area contributed by atoms with Crippen molar-refractivity contribution in [1.29, 1.82) is 0 Å². The highest BCUT2D eigenvalue weighted by Gasteiger charge is 2.32. The SMILES string of the molecule is NC(=NC(=NS(=O)(=O)c1ccc(Cl)cc1)N1CC(c2ccccc2)C(c2ccc(Cl)cc2)=N1)c1ccc(Cl)cc1. The van der Waals surface area contributed by atoms with Crippen LogP contribution in [0.1, 0.15) is 22.6 Å². The molecule has 5 rings (SSSR count). The number of hydrogen-bond donors (Lipinski definition) is 1. The van der Waals surface area contributed by atoms with Gasteiger partial charge in [0, 0.05) is 26.5 Å². The van der Waals surface area contributed by atoms with Crippen molar-refractivity contribution in [3.8, 4) is 0 Å². The van der Waals surface area contributed by atoms with Crippen LogP contribution in [-0.2, 0) is 10.0 Å². The van der Waals surface area contributed by atoms with Crippen LogP contribution in [0.25, 0.3) is 0 Å². The molecule has 4 aromatic rings. The van der Waals surface area contributed by atoms with E-state index in [0.29, 0.717) is 26.3 Å². The van der Waals surface area contributed by atoms with Gasteiger partial charge in [-0.15, -0.1) is 4.40 Å². The van der Waals surface area contributed by atoms with Gasteiger partial charge in [0.1, 0.15) is 5.84 Å². The summed E-state index contributed by atoms with van der Waals surface area (Å²) in [7, 11) is -4.20. The highest BCUT2D eigenvalue weighted by molar-refractivity contribution is 7.90. The van der Waals surface area contributed by atoms with Crippen LogP contribution in [0.15, 0.2) is 123 Å². The smallest absolute Gasteiger partial charge is 0.285 e. The summed E-state index contributed by atoms with van der Waals surface area (Å²) in [6.07, 6.45) is 0.